The molecule has 0 bridgehead atoms. The fraction of sp³-hybridized carbons (Fsp3) is 0.480. The first kappa shape index (κ1) is 26.2. The molecule has 34 heavy (non-hydrogen) atoms. The van der Waals surface area contributed by atoms with Crippen LogP contribution in [0.25, 0.3) is 0 Å². The molecule has 0 aliphatic carbocycles. The van der Waals surface area contributed by atoms with Crippen LogP contribution in [0, 0.1) is 0 Å². The average molecular weight is 505 g/mol. The number of aliphatic carboxylic acids is 1. The number of benzene rings is 1. The number of thioether (sulfide) groups is 1. The number of rotatable bonds is 12. The highest BCUT2D eigenvalue weighted by Crippen LogP contribution is 2.32. The molecule has 2 aromatic rings. The molecule has 184 valence electrons. The maximum atomic E-state index is 13.5. The molecule has 0 radical (unpaired) electrons. The second kappa shape index (κ2) is 13.5. The van der Waals surface area contributed by atoms with Crippen molar-refractivity contribution in [3.05, 3.63) is 58.3 Å². The lowest BCUT2D eigenvalue weighted by Crippen LogP contribution is -2.54. The number of nitrogens with one attached hydrogen (secondary N) is 1. The Bertz CT molecular complexity index is 923. The predicted molar refractivity (Wildman–Crippen MR) is 135 cm³/mol. The Morgan fingerprint density at radius 3 is 2.68 bits per heavy atom. The van der Waals surface area contributed by atoms with Gasteiger partial charge in [0.05, 0.1) is 18.7 Å². The highest BCUT2D eigenvalue weighted by Gasteiger charge is 2.37. The zero-order valence-electron chi connectivity index (χ0n) is 19.4. The average Bonchev–Trinajstić information content (AvgIpc) is 3.32. The number of carboxylic acid groups (broad SMARTS) is 1. The molecular weight excluding hydrogens is 472 g/mol. The van der Waals surface area contributed by atoms with E-state index < -0.39 is 18.1 Å². The molecule has 1 amide bonds. The van der Waals surface area contributed by atoms with E-state index in [1.54, 1.807) is 11.8 Å². The first-order valence-electron chi connectivity index (χ1n) is 11.6. The van der Waals surface area contributed by atoms with E-state index in [1.165, 1.54) is 16.2 Å². The number of ether oxygens (including phenoxy) is 1. The van der Waals surface area contributed by atoms with Crippen LogP contribution in [-0.2, 0) is 25.5 Å². The van der Waals surface area contributed by atoms with Crippen LogP contribution in [-0.4, -0.2) is 64.6 Å². The van der Waals surface area contributed by atoms with Gasteiger partial charge in [0.15, 0.2) is 0 Å². The van der Waals surface area contributed by atoms with Crippen LogP contribution in [0.2, 0.25) is 0 Å². The van der Waals surface area contributed by atoms with Gasteiger partial charge < -0.3 is 14.7 Å². The van der Waals surface area contributed by atoms with Gasteiger partial charge in [-0.3, -0.25) is 19.7 Å². The van der Waals surface area contributed by atoms with E-state index in [-0.39, 0.29) is 24.5 Å². The lowest BCUT2D eigenvalue weighted by atomic mass is 10.0. The van der Waals surface area contributed by atoms with Gasteiger partial charge in [0.1, 0.15) is 12.6 Å². The Morgan fingerprint density at radius 2 is 2.00 bits per heavy atom. The summed E-state index contributed by atoms with van der Waals surface area (Å²) in [6, 6.07) is 12.1. The van der Waals surface area contributed by atoms with Gasteiger partial charge in [0, 0.05) is 16.4 Å². The van der Waals surface area contributed by atoms with Crippen LogP contribution in [0.1, 0.15) is 42.7 Å². The number of hydrogen-bond acceptors (Lipinski definition) is 7. The second-order valence-electron chi connectivity index (χ2n) is 8.25. The summed E-state index contributed by atoms with van der Waals surface area (Å²) < 4.78 is 5.49. The van der Waals surface area contributed by atoms with Crippen LogP contribution in [0.5, 0.6) is 0 Å². The molecule has 1 aromatic carbocycles. The predicted octanol–water partition coefficient (Wildman–Crippen LogP) is 3.75. The number of esters is 1. The number of carboxylic acids is 1. The summed E-state index contributed by atoms with van der Waals surface area (Å²) in [6.45, 7) is 2.00. The van der Waals surface area contributed by atoms with E-state index in [4.69, 9.17) is 4.74 Å². The maximum absolute atomic E-state index is 13.5. The molecule has 9 heteroatoms. The Labute approximate surface area is 208 Å². The summed E-state index contributed by atoms with van der Waals surface area (Å²) in [5.74, 6) is -0.656. The molecule has 1 aliphatic rings. The topological polar surface area (TPSA) is 95.9 Å². The van der Waals surface area contributed by atoms with Gasteiger partial charge in [-0.1, -0.05) is 49.7 Å². The molecule has 2 N–H and O–H groups in total. The van der Waals surface area contributed by atoms with Crippen molar-refractivity contribution in [3.8, 4) is 0 Å². The minimum atomic E-state index is -1.06. The van der Waals surface area contributed by atoms with Crippen LogP contribution in [0.3, 0.4) is 0 Å². The molecule has 7 nitrogen and oxygen atoms in total. The highest BCUT2D eigenvalue weighted by molar-refractivity contribution is 7.99. The van der Waals surface area contributed by atoms with Gasteiger partial charge in [-0.05, 0) is 36.3 Å². The van der Waals surface area contributed by atoms with E-state index in [2.05, 4.69) is 5.32 Å². The van der Waals surface area contributed by atoms with Crippen molar-refractivity contribution in [2.45, 2.75) is 50.7 Å². The molecule has 2 heterocycles. The Balaban J connectivity index is 1.76. The van der Waals surface area contributed by atoms with Crippen molar-refractivity contribution in [1.82, 2.24) is 10.2 Å². The number of amides is 1. The van der Waals surface area contributed by atoms with E-state index in [0.29, 0.717) is 31.0 Å². The third-order valence-electron chi connectivity index (χ3n) is 5.69. The summed E-state index contributed by atoms with van der Waals surface area (Å²) in [5.41, 5.74) is 1.10. The van der Waals surface area contributed by atoms with Crippen molar-refractivity contribution in [1.29, 1.82) is 0 Å². The summed E-state index contributed by atoms with van der Waals surface area (Å²) in [6.07, 6.45) is 2.84. The Morgan fingerprint density at radius 1 is 1.21 bits per heavy atom. The summed E-state index contributed by atoms with van der Waals surface area (Å²) in [4.78, 5) is 40.4. The van der Waals surface area contributed by atoms with Crippen molar-refractivity contribution in [2.24, 2.45) is 0 Å². The molecule has 1 fully saturated rings. The summed E-state index contributed by atoms with van der Waals surface area (Å²) in [5, 5.41) is 14.6. The van der Waals surface area contributed by atoms with Crippen molar-refractivity contribution in [3.63, 3.8) is 0 Å². The quantitative estimate of drug-likeness (QED) is 0.336. The minimum absolute atomic E-state index is 0.295. The maximum Gasteiger partial charge on any atom is 0.323 e. The van der Waals surface area contributed by atoms with Crippen molar-refractivity contribution < 1.29 is 24.2 Å². The van der Waals surface area contributed by atoms with Crippen LogP contribution >= 0.6 is 23.1 Å². The zero-order valence-corrected chi connectivity index (χ0v) is 21.0. The van der Waals surface area contributed by atoms with Gasteiger partial charge in [0.25, 0.3) is 0 Å². The highest BCUT2D eigenvalue weighted by atomic mass is 32.2. The SMILES string of the molecule is CCCCOC(=O)C(CCc1ccccc1)NC1CSCC(c2cccs2)N(CC(=O)O)C1=O. The van der Waals surface area contributed by atoms with Crippen LogP contribution in [0.15, 0.2) is 47.8 Å². The number of carbonyl (C=O) groups excluding carboxylic acids is 2. The normalized spacial score (nSPS) is 19.4. The van der Waals surface area contributed by atoms with Crippen molar-refractivity contribution >= 4 is 40.9 Å². The number of hydrogen-bond donors (Lipinski definition) is 2. The van der Waals surface area contributed by atoms with Gasteiger partial charge >= 0.3 is 11.9 Å². The molecular formula is C25H32N2O5S2. The van der Waals surface area contributed by atoms with E-state index in [9.17, 15) is 19.5 Å². The van der Waals surface area contributed by atoms with Crippen LogP contribution < -0.4 is 5.32 Å². The number of carbonyl (C=O) groups is 3. The van der Waals surface area contributed by atoms with Crippen molar-refractivity contribution in [2.75, 3.05) is 24.7 Å². The molecule has 3 rings (SSSR count). The minimum Gasteiger partial charge on any atom is -0.480 e. The smallest absolute Gasteiger partial charge is 0.323 e. The third-order valence-corrected chi connectivity index (χ3v) is 7.78. The molecule has 1 saturated heterocycles. The molecule has 1 aliphatic heterocycles. The summed E-state index contributed by atoms with van der Waals surface area (Å²) >= 11 is 3.10. The fourth-order valence-corrected chi connectivity index (χ4v) is 6.01. The fourth-order valence-electron chi connectivity index (χ4n) is 3.87. The summed E-state index contributed by atoms with van der Waals surface area (Å²) in [7, 11) is 0. The molecule has 3 unspecified atom stereocenters. The zero-order chi connectivity index (χ0) is 24.3. The molecule has 0 spiro atoms. The molecule has 0 saturated carbocycles. The molecule has 1 aromatic heterocycles. The number of aryl methyl sites for hydroxylation is 1. The monoisotopic (exact) mass is 504 g/mol. The Kier molecular flexibility index (Phi) is 10.4. The standard InChI is InChI=1S/C25H32N2O5S2/c1-2-3-13-32-25(31)19(12-11-18-8-5-4-6-9-18)26-20-16-33-17-21(22-10-7-14-34-22)27(24(20)30)15-23(28)29/h4-10,14,19-21,26H,2-3,11-13,15-17H2,1H3,(H,28,29). The van der Waals surface area contributed by atoms with Crippen LogP contribution in [0.4, 0.5) is 0 Å². The van der Waals surface area contributed by atoms with E-state index in [0.717, 1.165) is 23.3 Å². The number of unbranched alkanes of at least 4 members (excludes halogenated alkanes) is 1. The van der Waals surface area contributed by atoms with Gasteiger partial charge in [0.2, 0.25) is 5.91 Å². The number of nitrogens with zero attached hydrogens (tertiary/aromatic N) is 1. The third kappa shape index (κ3) is 7.58. The second-order valence-corrected chi connectivity index (χ2v) is 10.3. The Hall–Kier alpha value is -2.36. The van der Waals surface area contributed by atoms with E-state index in [1.807, 2.05) is 54.8 Å². The van der Waals surface area contributed by atoms with E-state index >= 15 is 0 Å². The van der Waals surface area contributed by atoms with Gasteiger partial charge in [-0.15, -0.1) is 11.3 Å². The molecule has 3 atom stereocenters. The number of thiophene rings is 1. The lowest BCUT2D eigenvalue weighted by molar-refractivity contribution is -0.149. The van der Waals surface area contributed by atoms with Gasteiger partial charge in [-0.25, -0.2) is 0 Å². The van der Waals surface area contributed by atoms with Gasteiger partial charge in [-0.2, -0.15) is 11.8 Å². The first-order chi connectivity index (χ1) is 16.5. The largest absolute Gasteiger partial charge is 0.480 e. The first-order valence-corrected chi connectivity index (χ1v) is 13.6. The lowest BCUT2D eigenvalue weighted by Gasteiger charge is -2.30.